The zero-order chi connectivity index (χ0) is 17.7. The maximum atomic E-state index is 12.0. The Labute approximate surface area is 146 Å². The second-order valence-electron chi connectivity index (χ2n) is 4.67. The van der Waals surface area contributed by atoms with E-state index < -0.39 is 18.1 Å². The second kappa shape index (κ2) is 7.80. The van der Waals surface area contributed by atoms with Crippen LogP contribution in [-0.2, 0) is 11.3 Å². The highest BCUT2D eigenvalue weighted by Gasteiger charge is 2.11. The summed E-state index contributed by atoms with van der Waals surface area (Å²) in [7, 11) is 0. The van der Waals surface area contributed by atoms with Crippen molar-refractivity contribution in [3.8, 4) is 0 Å². The number of nitrogens with zero attached hydrogens (tertiary/aromatic N) is 1. The molecule has 2 aromatic rings. The van der Waals surface area contributed by atoms with Gasteiger partial charge in [-0.25, -0.2) is 4.98 Å². The molecular weight excluding hydrogens is 357 g/mol. The Morgan fingerprint density at radius 3 is 2.71 bits per heavy atom. The SMILES string of the molecule is N=Cc1nc(NCc2ccc(Cl)c(Cl)c2)[nH]c(=O)c1NCC(=O)O. The van der Waals surface area contributed by atoms with Gasteiger partial charge in [0.1, 0.15) is 17.9 Å². The molecule has 0 radical (unpaired) electrons. The van der Waals surface area contributed by atoms with Gasteiger partial charge in [-0.1, -0.05) is 29.3 Å². The first kappa shape index (κ1) is 17.8. The van der Waals surface area contributed by atoms with E-state index in [2.05, 4.69) is 20.6 Å². The molecule has 0 saturated heterocycles. The van der Waals surface area contributed by atoms with Gasteiger partial charge in [0.05, 0.1) is 10.0 Å². The lowest BCUT2D eigenvalue weighted by Gasteiger charge is -2.10. The first-order chi connectivity index (χ1) is 11.4. The molecule has 1 heterocycles. The van der Waals surface area contributed by atoms with E-state index in [4.69, 9.17) is 33.7 Å². The molecule has 0 aliphatic carbocycles. The molecule has 0 bridgehead atoms. The molecule has 2 rings (SSSR count). The molecule has 5 N–H and O–H groups in total. The summed E-state index contributed by atoms with van der Waals surface area (Å²) in [6.07, 6.45) is 0.865. The number of aliphatic carboxylic acids is 1. The second-order valence-corrected chi connectivity index (χ2v) is 5.48. The Hall–Kier alpha value is -2.58. The van der Waals surface area contributed by atoms with Crippen molar-refractivity contribution in [2.45, 2.75) is 6.54 Å². The van der Waals surface area contributed by atoms with Crippen LogP contribution in [-0.4, -0.2) is 33.8 Å². The van der Waals surface area contributed by atoms with Gasteiger partial charge in [0, 0.05) is 12.8 Å². The Kier molecular flexibility index (Phi) is 5.78. The number of rotatable bonds is 7. The first-order valence-electron chi connectivity index (χ1n) is 6.69. The molecule has 0 unspecified atom stereocenters. The van der Waals surface area contributed by atoms with E-state index >= 15 is 0 Å². The third-order valence-corrected chi connectivity index (χ3v) is 3.68. The predicted octanol–water partition coefficient (Wildman–Crippen LogP) is 2.18. The first-order valence-corrected chi connectivity index (χ1v) is 7.44. The Morgan fingerprint density at radius 1 is 1.33 bits per heavy atom. The molecule has 1 aromatic heterocycles. The number of aromatic amines is 1. The number of H-pyrrole nitrogens is 1. The van der Waals surface area contributed by atoms with Crippen LogP contribution < -0.4 is 16.2 Å². The molecule has 126 valence electrons. The predicted molar refractivity (Wildman–Crippen MR) is 92.7 cm³/mol. The third-order valence-electron chi connectivity index (χ3n) is 2.94. The van der Waals surface area contributed by atoms with Gasteiger partial charge in [-0.2, -0.15) is 0 Å². The highest BCUT2D eigenvalue weighted by atomic mass is 35.5. The maximum Gasteiger partial charge on any atom is 0.322 e. The Bertz CT molecular complexity index is 838. The summed E-state index contributed by atoms with van der Waals surface area (Å²) in [4.78, 5) is 29.1. The van der Waals surface area contributed by atoms with Gasteiger partial charge in [0.25, 0.3) is 5.56 Å². The quantitative estimate of drug-likeness (QED) is 0.475. The van der Waals surface area contributed by atoms with Gasteiger partial charge in [-0.15, -0.1) is 0 Å². The standard InChI is InChI=1S/C14H13Cl2N5O3/c15-8-2-1-7(3-9(8)16)5-19-14-20-10(4-17)12(13(24)21-14)18-6-11(22)23/h1-4,17-18H,5-6H2,(H,22,23)(H2,19,20,21,24). The number of benzene rings is 1. The van der Waals surface area contributed by atoms with Crippen LogP contribution in [0.15, 0.2) is 23.0 Å². The summed E-state index contributed by atoms with van der Waals surface area (Å²) in [5, 5.41) is 22.1. The lowest BCUT2D eigenvalue weighted by Crippen LogP contribution is -2.23. The number of aromatic nitrogens is 2. The molecule has 0 aliphatic heterocycles. The average molecular weight is 370 g/mol. The lowest BCUT2D eigenvalue weighted by molar-refractivity contribution is -0.134. The van der Waals surface area contributed by atoms with Crippen molar-refractivity contribution in [1.29, 1.82) is 5.41 Å². The molecule has 0 atom stereocenters. The molecule has 0 aliphatic rings. The van der Waals surface area contributed by atoms with Crippen molar-refractivity contribution in [3.63, 3.8) is 0 Å². The van der Waals surface area contributed by atoms with Crippen LogP contribution in [0.1, 0.15) is 11.3 Å². The molecule has 8 nitrogen and oxygen atoms in total. The summed E-state index contributed by atoms with van der Waals surface area (Å²) in [5.41, 5.74) is 0.182. The van der Waals surface area contributed by atoms with Crippen molar-refractivity contribution < 1.29 is 9.90 Å². The molecule has 10 heteroatoms. The van der Waals surface area contributed by atoms with Gasteiger partial charge in [0.2, 0.25) is 5.95 Å². The number of carboxylic acids is 1. The van der Waals surface area contributed by atoms with Crippen LogP contribution in [0.25, 0.3) is 0 Å². The van der Waals surface area contributed by atoms with Gasteiger partial charge in [-0.05, 0) is 17.7 Å². The fourth-order valence-electron chi connectivity index (χ4n) is 1.85. The maximum absolute atomic E-state index is 12.0. The van der Waals surface area contributed by atoms with Crippen LogP contribution in [0.3, 0.4) is 0 Å². The van der Waals surface area contributed by atoms with E-state index in [1.54, 1.807) is 18.2 Å². The zero-order valence-corrected chi connectivity index (χ0v) is 13.7. The topological polar surface area (TPSA) is 131 Å². The number of hydrogen-bond donors (Lipinski definition) is 5. The minimum Gasteiger partial charge on any atom is -0.480 e. The minimum atomic E-state index is -1.13. The highest BCUT2D eigenvalue weighted by molar-refractivity contribution is 6.42. The molecule has 0 amide bonds. The van der Waals surface area contributed by atoms with Crippen molar-refractivity contribution in [1.82, 2.24) is 9.97 Å². The van der Waals surface area contributed by atoms with Crippen molar-refractivity contribution in [2.24, 2.45) is 0 Å². The summed E-state index contributed by atoms with van der Waals surface area (Å²) in [6, 6.07) is 5.09. The normalized spacial score (nSPS) is 10.2. The van der Waals surface area contributed by atoms with E-state index in [1.165, 1.54) is 0 Å². The van der Waals surface area contributed by atoms with Crippen molar-refractivity contribution >= 4 is 47.0 Å². The van der Waals surface area contributed by atoms with E-state index in [9.17, 15) is 9.59 Å². The molecule has 0 fully saturated rings. The number of nitrogens with one attached hydrogen (secondary N) is 4. The molecule has 24 heavy (non-hydrogen) atoms. The van der Waals surface area contributed by atoms with Crippen molar-refractivity contribution in [2.75, 3.05) is 17.2 Å². The summed E-state index contributed by atoms with van der Waals surface area (Å²) >= 11 is 11.8. The van der Waals surface area contributed by atoms with Crippen molar-refractivity contribution in [3.05, 3.63) is 49.9 Å². The van der Waals surface area contributed by atoms with E-state index in [0.29, 0.717) is 16.6 Å². The summed E-state index contributed by atoms with van der Waals surface area (Å²) in [5.74, 6) is -0.988. The van der Waals surface area contributed by atoms with Crippen LogP contribution in [0, 0.1) is 5.41 Å². The highest BCUT2D eigenvalue weighted by Crippen LogP contribution is 2.22. The molecule has 0 saturated carbocycles. The smallest absolute Gasteiger partial charge is 0.322 e. The summed E-state index contributed by atoms with van der Waals surface area (Å²) in [6.45, 7) is -0.138. The summed E-state index contributed by atoms with van der Waals surface area (Å²) < 4.78 is 0. The van der Waals surface area contributed by atoms with Crippen LogP contribution in [0.4, 0.5) is 11.6 Å². The van der Waals surface area contributed by atoms with Gasteiger partial charge < -0.3 is 21.1 Å². The number of hydrogen-bond acceptors (Lipinski definition) is 6. The molecule has 1 aromatic carbocycles. The molecule has 0 spiro atoms. The number of anilines is 2. The van der Waals surface area contributed by atoms with Gasteiger partial charge >= 0.3 is 5.97 Å². The van der Waals surface area contributed by atoms with Crippen LogP contribution in [0.2, 0.25) is 10.0 Å². The van der Waals surface area contributed by atoms with Gasteiger partial charge in [0.15, 0.2) is 0 Å². The van der Waals surface area contributed by atoms with E-state index in [-0.39, 0.29) is 17.3 Å². The number of carbonyl (C=O) groups is 1. The lowest BCUT2D eigenvalue weighted by atomic mass is 10.2. The molecular formula is C14H13Cl2N5O3. The number of halogens is 2. The largest absolute Gasteiger partial charge is 0.480 e. The van der Waals surface area contributed by atoms with E-state index in [1.807, 2.05) is 0 Å². The van der Waals surface area contributed by atoms with Crippen LogP contribution >= 0.6 is 23.2 Å². The Balaban J connectivity index is 2.17. The van der Waals surface area contributed by atoms with Crippen LogP contribution in [0.5, 0.6) is 0 Å². The van der Waals surface area contributed by atoms with E-state index in [0.717, 1.165) is 11.8 Å². The third kappa shape index (κ3) is 4.46. The zero-order valence-electron chi connectivity index (χ0n) is 12.2. The average Bonchev–Trinajstić information content (AvgIpc) is 2.54. The Morgan fingerprint density at radius 2 is 2.08 bits per heavy atom. The fraction of sp³-hybridized carbons (Fsp3) is 0.143. The monoisotopic (exact) mass is 369 g/mol. The minimum absolute atomic E-state index is 0.0247. The van der Waals surface area contributed by atoms with Gasteiger partial charge in [-0.3, -0.25) is 14.6 Å². The number of carboxylic acid groups (broad SMARTS) is 1. The fourth-order valence-corrected chi connectivity index (χ4v) is 2.17.